The van der Waals surface area contributed by atoms with Crippen LogP contribution in [0.2, 0.25) is 0 Å². The molecule has 0 fully saturated rings. The highest BCUT2D eigenvalue weighted by Gasteiger charge is 2.43. The summed E-state index contributed by atoms with van der Waals surface area (Å²) in [7, 11) is 0.918. The Balaban J connectivity index is 4.34. The lowest BCUT2D eigenvalue weighted by Crippen LogP contribution is -2.47. The molecular weight excluding hydrogens is 239 g/mol. The molecule has 0 aliphatic rings. The molecule has 0 aliphatic carbocycles. The Labute approximate surface area is 97.7 Å². The lowest BCUT2D eigenvalue weighted by Gasteiger charge is -2.24. The molecular formula is C10H16F3NO3. The van der Waals surface area contributed by atoms with Crippen molar-refractivity contribution >= 4 is 11.9 Å². The monoisotopic (exact) mass is 255 g/mol. The smallest absolute Gasteiger partial charge is 0.464 e. The summed E-state index contributed by atoms with van der Waals surface area (Å²) in [6.07, 6.45) is -3.54. The fourth-order valence-electron chi connectivity index (χ4n) is 0.972. The molecule has 0 aromatic carbocycles. The lowest BCUT2D eigenvalue weighted by atomic mass is 10.3. The molecule has 0 radical (unpaired) electrons. The number of ether oxygens (including phenoxy) is 1. The first-order valence-electron chi connectivity index (χ1n) is 5.22. The second-order valence-electron chi connectivity index (χ2n) is 3.61. The zero-order valence-corrected chi connectivity index (χ0v) is 10.0. The number of nitrogens with zero attached hydrogens (tertiary/aromatic N) is 1. The van der Waals surface area contributed by atoms with Crippen LogP contribution < -0.4 is 0 Å². The quantitative estimate of drug-likeness (QED) is 0.555. The molecule has 0 N–H and O–H groups in total. The number of halogens is 3. The zero-order chi connectivity index (χ0) is 13.6. The fourth-order valence-corrected chi connectivity index (χ4v) is 0.972. The molecule has 0 saturated carbocycles. The lowest BCUT2D eigenvalue weighted by molar-refractivity contribution is -0.188. The van der Waals surface area contributed by atoms with Crippen molar-refractivity contribution in [3.8, 4) is 0 Å². The van der Waals surface area contributed by atoms with Gasteiger partial charge in [-0.3, -0.25) is 4.79 Å². The number of alkyl halides is 3. The van der Waals surface area contributed by atoms with Gasteiger partial charge in [0.2, 0.25) is 0 Å². The summed E-state index contributed by atoms with van der Waals surface area (Å²) in [6.45, 7) is 3.22. The van der Waals surface area contributed by atoms with Crippen LogP contribution in [0.3, 0.4) is 0 Å². The maximum Gasteiger partial charge on any atom is 0.471 e. The van der Waals surface area contributed by atoms with Gasteiger partial charge in [0, 0.05) is 7.05 Å². The Hall–Kier alpha value is -1.27. The van der Waals surface area contributed by atoms with Crippen LogP contribution in [0.25, 0.3) is 0 Å². The van der Waals surface area contributed by atoms with E-state index in [4.69, 9.17) is 4.74 Å². The first-order chi connectivity index (χ1) is 7.71. The van der Waals surface area contributed by atoms with E-state index in [1.54, 1.807) is 0 Å². The number of carbonyl (C=O) groups is 2. The Morgan fingerprint density at radius 1 is 1.35 bits per heavy atom. The average molecular weight is 255 g/mol. The number of unbranched alkanes of at least 4 members (excludes halogenated alkanes) is 1. The van der Waals surface area contributed by atoms with E-state index in [0.29, 0.717) is 11.3 Å². The minimum atomic E-state index is -4.98. The molecule has 1 unspecified atom stereocenters. The van der Waals surface area contributed by atoms with Crippen LogP contribution in [0, 0.1) is 0 Å². The Morgan fingerprint density at radius 3 is 2.29 bits per heavy atom. The summed E-state index contributed by atoms with van der Waals surface area (Å²) in [4.78, 5) is 22.5. The molecule has 1 amide bonds. The van der Waals surface area contributed by atoms with Gasteiger partial charge >= 0.3 is 18.1 Å². The van der Waals surface area contributed by atoms with E-state index in [0.717, 1.165) is 13.5 Å². The van der Waals surface area contributed by atoms with Gasteiger partial charge in [0.1, 0.15) is 6.04 Å². The van der Waals surface area contributed by atoms with Crippen molar-refractivity contribution in [2.45, 2.75) is 38.9 Å². The molecule has 7 heteroatoms. The molecule has 0 saturated heterocycles. The second kappa shape index (κ2) is 6.46. The number of amides is 1. The van der Waals surface area contributed by atoms with Crippen molar-refractivity contribution in [3.05, 3.63) is 0 Å². The van der Waals surface area contributed by atoms with Crippen molar-refractivity contribution in [2.24, 2.45) is 0 Å². The van der Waals surface area contributed by atoms with Gasteiger partial charge in [-0.25, -0.2) is 4.79 Å². The van der Waals surface area contributed by atoms with Crippen molar-refractivity contribution in [1.29, 1.82) is 0 Å². The van der Waals surface area contributed by atoms with Crippen LogP contribution in [0.1, 0.15) is 26.7 Å². The summed E-state index contributed by atoms with van der Waals surface area (Å²) in [6, 6.07) is -1.25. The van der Waals surface area contributed by atoms with E-state index in [1.807, 2.05) is 6.92 Å². The van der Waals surface area contributed by atoms with Gasteiger partial charge in [-0.15, -0.1) is 0 Å². The summed E-state index contributed by atoms with van der Waals surface area (Å²) >= 11 is 0. The first kappa shape index (κ1) is 15.7. The van der Waals surface area contributed by atoms with E-state index in [1.165, 1.54) is 6.92 Å². The molecule has 0 aromatic rings. The highest BCUT2D eigenvalue weighted by molar-refractivity contribution is 5.87. The van der Waals surface area contributed by atoms with Crippen LogP contribution in [-0.2, 0) is 14.3 Å². The molecule has 0 aromatic heterocycles. The first-order valence-corrected chi connectivity index (χ1v) is 5.22. The van der Waals surface area contributed by atoms with E-state index in [2.05, 4.69) is 0 Å². The Morgan fingerprint density at radius 2 is 1.88 bits per heavy atom. The van der Waals surface area contributed by atoms with Gasteiger partial charge in [0.25, 0.3) is 0 Å². The van der Waals surface area contributed by atoms with Crippen molar-refractivity contribution in [3.63, 3.8) is 0 Å². The SMILES string of the molecule is CCCCOC(=O)C(C)N(C)C(=O)C(F)(F)F. The zero-order valence-electron chi connectivity index (χ0n) is 10.0. The molecule has 4 nitrogen and oxygen atoms in total. The second-order valence-corrected chi connectivity index (χ2v) is 3.61. The van der Waals surface area contributed by atoms with Gasteiger partial charge in [0.15, 0.2) is 0 Å². The van der Waals surface area contributed by atoms with Crippen molar-refractivity contribution in [2.75, 3.05) is 13.7 Å². The predicted molar refractivity (Wildman–Crippen MR) is 54.2 cm³/mol. The third kappa shape index (κ3) is 5.06. The van der Waals surface area contributed by atoms with E-state index >= 15 is 0 Å². The third-order valence-corrected chi connectivity index (χ3v) is 2.23. The van der Waals surface area contributed by atoms with Crippen LogP contribution in [-0.4, -0.2) is 42.6 Å². The number of carbonyl (C=O) groups excluding carboxylic acids is 2. The van der Waals surface area contributed by atoms with Gasteiger partial charge in [-0.05, 0) is 13.3 Å². The normalized spacial score (nSPS) is 13.1. The predicted octanol–water partition coefficient (Wildman–Crippen LogP) is 1.74. The van der Waals surface area contributed by atoms with Crippen LogP contribution in [0.5, 0.6) is 0 Å². The Kier molecular flexibility index (Phi) is 5.98. The summed E-state index contributed by atoms with van der Waals surface area (Å²) in [5, 5.41) is 0. The highest BCUT2D eigenvalue weighted by atomic mass is 19.4. The van der Waals surface area contributed by atoms with Gasteiger partial charge < -0.3 is 9.64 Å². The number of hydrogen-bond donors (Lipinski definition) is 0. The standard InChI is InChI=1S/C10H16F3NO3/c1-4-5-6-17-8(15)7(2)14(3)9(16)10(11,12)13/h7H,4-6H2,1-3H3. The molecule has 17 heavy (non-hydrogen) atoms. The minimum absolute atomic E-state index is 0.147. The Bertz CT molecular complexity index is 278. The molecule has 0 heterocycles. The third-order valence-electron chi connectivity index (χ3n) is 2.23. The summed E-state index contributed by atoms with van der Waals surface area (Å²) in [5.41, 5.74) is 0. The van der Waals surface area contributed by atoms with Gasteiger partial charge in [-0.1, -0.05) is 13.3 Å². The molecule has 0 spiro atoms. The van der Waals surface area contributed by atoms with E-state index < -0.39 is 24.1 Å². The molecule has 1 atom stereocenters. The number of likely N-dealkylation sites (N-methyl/N-ethyl adjacent to an activating group) is 1. The maximum atomic E-state index is 12.1. The van der Waals surface area contributed by atoms with E-state index in [9.17, 15) is 22.8 Å². The van der Waals surface area contributed by atoms with Crippen LogP contribution >= 0.6 is 0 Å². The average Bonchev–Trinajstić information content (AvgIpc) is 2.25. The van der Waals surface area contributed by atoms with Gasteiger partial charge in [-0.2, -0.15) is 13.2 Å². The van der Waals surface area contributed by atoms with E-state index in [-0.39, 0.29) is 6.61 Å². The minimum Gasteiger partial charge on any atom is -0.464 e. The molecule has 100 valence electrons. The summed E-state index contributed by atoms with van der Waals surface area (Å²) < 4.78 is 41.0. The highest BCUT2D eigenvalue weighted by Crippen LogP contribution is 2.19. The molecule has 0 bridgehead atoms. The van der Waals surface area contributed by atoms with Crippen LogP contribution in [0.4, 0.5) is 13.2 Å². The number of esters is 1. The molecule has 0 aliphatic heterocycles. The largest absolute Gasteiger partial charge is 0.471 e. The molecule has 0 rings (SSSR count). The van der Waals surface area contributed by atoms with Gasteiger partial charge in [0.05, 0.1) is 6.61 Å². The fraction of sp³-hybridized carbons (Fsp3) is 0.800. The number of hydrogen-bond acceptors (Lipinski definition) is 3. The van der Waals surface area contributed by atoms with Crippen molar-refractivity contribution in [1.82, 2.24) is 4.90 Å². The van der Waals surface area contributed by atoms with Crippen LogP contribution in [0.15, 0.2) is 0 Å². The topological polar surface area (TPSA) is 46.6 Å². The number of rotatable bonds is 5. The van der Waals surface area contributed by atoms with Crippen molar-refractivity contribution < 1.29 is 27.5 Å². The summed E-state index contributed by atoms with van der Waals surface area (Å²) in [5.74, 6) is -2.89. The maximum absolute atomic E-state index is 12.1.